The summed E-state index contributed by atoms with van der Waals surface area (Å²) in [6, 6.07) is 7.24. The highest BCUT2D eigenvalue weighted by Crippen LogP contribution is 2.25. The van der Waals surface area contributed by atoms with Crippen LogP contribution in [0.2, 0.25) is 5.02 Å². The van der Waals surface area contributed by atoms with Gasteiger partial charge >= 0.3 is 5.69 Å². The molecular weight excluding hydrogens is 452 g/mol. The average Bonchev–Trinajstić information content (AvgIpc) is 3.29. The number of nitrogens with one attached hydrogen (secondary N) is 1. The van der Waals surface area contributed by atoms with Gasteiger partial charge in [-0.25, -0.2) is 27.3 Å². The summed E-state index contributed by atoms with van der Waals surface area (Å²) in [4.78, 5) is 19.6. The second kappa shape index (κ2) is 8.70. The molecule has 0 atom stereocenters. The Morgan fingerprint density at radius 1 is 1.22 bits per heavy atom. The second-order valence-electron chi connectivity index (χ2n) is 7.11. The van der Waals surface area contributed by atoms with Crippen LogP contribution in [0.4, 0.5) is 17.6 Å². The first kappa shape index (κ1) is 21.9. The van der Waals surface area contributed by atoms with Crippen molar-refractivity contribution in [1.29, 1.82) is 0 Å². The molecule has 4 aromatic rings. The molecule has 11 heteroatoms. The molecule has 0 saturated heterocycles. The summed E-state index contributed by atoms with van der Waals surface area (Å²) in [5.74, 6) is -1.44. The molecule has 0 saturated carbocycles. The monoisotopic (exact) mass is 468 g/mol. The zero-order valence-electron chi connectivity index (χ0n) is 16.7. The maximum atomic E-state index is 13.9. The van der Waals surface area contributed by atoms with Gasteiger partial charge in [0.25, 0.3) is 6.43 Å². The summed E-state index contributed by atoms with van der Waals surface area (Å²) in [6.45, 7) is -0.941. The maximum absolute atomic E-state index is 13.9. The third-order valence-electron chi connectivity index (χ3n) is 5.00. The molecule has 6 nitrogen and oxygen atoms in total. The fourth-order valence-electron chi connectivity index (χ4n) is 3.47. The van der Waals surface area contributed by atoms with Crippen molar-refractivity contribution in [2.24, 2.45) is 0 Å². The molecule has 0 bridgehead atoms. The largest absolute Gasteiger partial charge is 0.497 e. The average molecular weight is 469 g/mol. The quantitative estimate of drug-likeness (QED) is 0.410. The van der Waals surface area contributed by atoms with Crippen molar-refractivity contribution in [2.45, 2.75) is 25.9 Å². The molecule has 0 aliphatic carbocycles. The minimum absolute atomic E-state index is 0.123. The molecule has 32 heavy (non-hydrogen) atoms. The predicted molar refractivity (Wildman–Crippen MR) is 111 cm³/mol. The van der Waals surface area contributed by atoms with Crippen molar-refractivity contribution in [3.8, 4) is 5.75 Å². The Hall–Kier alpha value is -3.27. The molecule has 2 aromatic carbocycles. The number of rotatable bonds is 7. The highest BCUT2D eigenvalue weighted by molar-refractivity contribution is 6.31. The molecule has 168 valence electrons. The number of nitrogens with zero attached hydrogens (tertiary/aromatic N) is 3. The molecular formula is C21H17ClF4N4O2. The van der Waals surface area contributed by atoms with Crippen LogP contribution in [0.25, 0.3) is 11.0 Å². The van der Waals surface area contributed by atoms with Crippen LogP contribution in [0.1, 0.15) is 17.1 Å². The van der Waals surface area contributed by atoms with Crippen LogP contribution < -0.4 is 10.4 Å². The minimum atomic E-state index is -2.75. The number of halogens is 5. The molecule has 0 unspecified atom stereocenters. The van der Waals surface area contributed by atoms with Crippen LogP contribution in [0.15, 0.2) is 41.3 Å². The lowest BCUT2D eigenvalue weighted by molar-refractivity contribution is 0.124. The van der Waals surface area contributed by atoms with Crippen molar-refractivity contribution in [3.63, 3.8) is 0 Å². The number of methoxy groups -OCH3 is 1. The number of alkyl halides is 2. The lowest BCUT2D eigenvalue weighted by Crippen LogP contribution is -2.28. The molecule has 0 fully saturated rings. The molecule has 2 heterocycles. The van der Waals surface area contributed by atoms with Gasteiger partial charge in [-0.3, -0.25) is 9.13 Å². The summed E-state index contributed by atoms with van der Waals surface area (Å²) >= 11 is 6.26. The summed E-state index contributed by atoms with van der Waals surface area (Å²) in [7, 11) is 1.49. The number of fused-ring (bicyclic) bond motifs is 1. The van der Waals surface area contributed by atoms with Gasteiger partial charge in [-0.1, -0.05) is 17.7 Å². The van der Waals surface area contributed by atoms with Gasteiger partial charge in [-0.2, -0.15) is 0 Å². The Morgan fingerprint density at radius 3 is 2.69 bits per heavy atom. The SMILES string of the molecule is COc1ccc(Cc2cn(Cc3nc4c(F)c(F)ccc4[nH]3)c(=O)n2CC(F)F)c(Cl)c1. The van der Waals surface area contributed by atoms with E-state index < -0.39 is 30.3 Å². The standard InChI is InChI=1S/C21H17ClF4N4O2/c1-32-13-3-2-11(14(22)7-13)6-12-8-29(21(31)30(12)9-17(24)25)10-18-27-16-5-4-15(23)19(26)20(16)28-18/h2-5,7-8,17H,6,9-10H2,1H3,(H,27,28). The fourth-order valence-corrected chi connectivity index (χ4v) is 3.71. The third-order valence-corrected chi connectivity index (χ3v) is 5.35. The van der Waals surface area contributed by atoms with E-state index in [1.807, 2.05) is 0 Å². The zero-order chi connectivity index (χ0) is 23.0. The molecule has 4 rings (SSSR count). The van der Waals surface area contributed by atoms with E-state index in [1.165, 1.54) is 23.9 Å². The van der Waals surface area contributed by atoms with Crippen molar-refractivity contribution in [2.75, 3.05) is 7.11 Å². The van der Waals surface area contributed by atoms with Crippen LogP contribution in [0.5, 0.6) is 5.75 Å². The van der Waals surface area contributed by atoms with Gasteiger partial charge < -0.3 is 9.72 Å². The molecule has 0 amide bonds. The van der Waals surface area contributed by atoms with Gasteiger partial charge in [0, 0.05) is 23.3 Å². The Morgan fingerprint density at radius 2 is 2.00 bits per heavy atom. The van der Waals surface area contributed by atoms with Crippen LogP contribution in [0.3, 0.4) is 0 Å². The molecule has 1 N–H and O–H groups in total. The van der Waals surface area contributed by atoms with E-state index in [2.05, 4.69) is 9.97 Å². The molecule has 0 radical (unpaired) electrons. The molecule has 0 aliphatic rings. The van der Waals surface area contributed by atoms with E-state index >= 15 is 0 Å². The fraction of sp³-hybridized carbons (Fsp3) is 0.238. The van der Waals surface area contributed by atoms with Crippen LogP contribution in [-0.4, -0.2) is 32.6 Å². The van der Waals surface area contributed by atoms with Gasteiger partial charge in [0.1, 0.15) is 17.1 Å². The first-order valence-corrected chi connectivity index (χ1v) is 9.86. The number of H-pyrrole nitrogens is 1. The Kier molecular flexibility index (Phi) is 5.96. The van der Waals surface area contributed by atoms with Gasteiger partial charge in [-0.15, -0.1) is 0 Å². The summed E-state index contributed by atoms with van der Waals surface area (Å²) < 4.78 is 60.9. The third kappa shape index (κ3) is 4.22. The number of hydrogen-bond donors (Lipinski definition) is 1. The normalized spacial score (nSPS) is 11.6. The number of ether oxygens (including phenoxy) is 1. The van der Waals surface area contributed by atoms with Crippen molar-refractivity contribution in [3.05, 3.63) is 80.8 Å². The Labute approximate surface area is 184 Å². The smallest absolute Gasteiger partial charge is 0.328 e. The maximum Gasteiger partial charge on any atom is 0.328 e. The number of imidazole rings is 2. The number of aromatic amines is 1. The van der Waals surface area contributed by atoms with Crippen LogP contribution in [0, 0.1) is 11.6 Å². The predicted octanol–water partition coefficient (Wildman–Crippen LogP) is 4.37. The van der Waals surface area contributed by atoms with E-state index in [9.17, 15) is 22.4 Å². The first-order chi connectivity index (χ1) is 15.3. The summed E-state index contributed by atoms with van der Waals surface area (Å²) in [5, 5.41) is 0.364. The van der Waals surface area contributed by atoms with Gasteiger partial charge in [0.15, 0.2) is 11.6 Å². The van der Waals surface area contributed by atoms with Gasteiger partial charge in [0.2, 0.25) is 0 Å². The lowest BCUT2D eigenvalue weighted by atomic mass is 10.1. The van der Waals surface area contributed by atoms with Gasteiger partial charge in [-0.05, 0) is 29.8 Å². The molecule has 0 spiro atoms. The first-order valence-electron chi connectivity index (χ1n) is 9.48. The topological polar surface area (TPSA) is 64.8 Å². The lowest BCUT2D eigenvalue weighted by Gasteiger charge is -2.09. The van der Waals surface area contributed by atoms with E-state index in [0.717, 1.165) is 10.6 Å². The number of hydrogen-bond acceptors (Lipinski definition) is 3. The van der Waals surface area contributed by atoms with E-state index in [1.54, 1.807) is 18.2 Å². The second-order valence-corrected chi connectivity index (χ2v) is 7.51. The highest BCUT2D eigenvalue weighted by Gasteiger charge is 2.19. The molecule has 0 aliphatic heterocycles. The van der Waals surface area contributed by atoms with Crippen LogP contribution >= 0.6 is 11.6 Å². The minimum Gasteiger partial charge on any atom is -0.497 e. The highest BCUT2D eigenvalue weighted by atomic mass is 35.5. The summed E-state index contributed by atoms with van der Waals surface area (Å²) in [5.41, 5.74) is 0.302. The van der Waals surface area contributed by atoms with Gasteiger partial charge in [0.05, 0.1) is 25.7 Å². The Bertz CT molecular complexity index is 1350. The summed E-state index contributed by atoms with van der Waals surface area (Å²) in [6.07, 6.45) is -1.20. The number of benzene rings is 2. The van der Waals surface area contributed by atoms with E-state index in [0.29, 0.717) is 22.0 Å². The molecule has 2 aromatic heterocycles. The Balaban J connectivity index is 1.70. The van der Waals surface area contributed by atoms with Crippen LogP contribution in [-0.2, 0) is 19.5 Å². The van der Waals surface area contributed by atoms with Crippen molar-refractivity contribution >= 4 is 22.6 Å². The van der Waals surface area contributed by atoms with E-state index in [-0.39, 0.29) is 29.8 Å². The zero-order valence-corrected chi connectivity index (χ0v) is 17.5. The van der Waals surface area contributed by atoms with Crippen molar-refractivity contribution < 1.29 is 22.3 Å². The number of aromatic nitrogens is 4. The van der Waals surface area contributed by atoms with Crippen molar-refractivity contribution in [1.82, 2.24) is 19.1 Å². The van der Waals surface area contributed by atoms with E-state index in [4.69, 9.17) is 16.3 Å².